The van der Waals surface area contributed by atoms with E-state index in [0.717, 1.165) is 21.7 Å². The van der Waals surface area contributed by atoms with Crippen LogP contribution in [0.25, 0.3) is 4.91 Å². The molecule has 0 fully saturated rings. The predicted octanol–water partition coefficient (Wildman–Crippen LogP) is 4.02. The Labute approximate surface area is 105 Å². The van der Waals surface area contributed by atoms with Crippen molar-refractivity contribution < 1.29 is 4.79 Å². The molecule has 0 heterocycles. The van der Waals surface area contributed by atoms with Gasteiger partial charge in [0.15, 0.2) is 0 Å². The van der Waals surface area contributed by atoms with Crippen molar-refractivity contribution in [2.24, 2.45) is 0 Å². The average molecular weight is 240 g/mol. The van der Waals surface area contributed by atoms with Gasteiger partial charge in [-0.3, -0.25) is 4.79 Å². The van der Waals surface area contributed by atoms with E-state index < -0.39 is 0 Å². The number of allylic oxidation sites excluding steroid dienone is 1. The van der Waals surface area contributed by atoms with Crippen molar-refractivity contribution in [3.8, 4) is 0 Å². The van der Waals surface area contributed by atoms with E-state index in [1.165, 1.54) is 0 Å². The fourth-order valence-electron chi connectivity index (χ4n) is 1.47. The van der Waals surface area contributed by atoms with Crippen molar-refractivity contribution >= 4 is 23.0 Å². The quantitative estimate of drug-likeness (QED) is 0.456. The Hall–Kier alpha value is -1.80. The molecule has 0 aromatic heterocycles. The number of hydrogen-bond donors (Lipinski definition) is 0. The van der Waals surface area contributed by atoms with Gasteiger partial charge in [0.2, 0.25) is 0 Å². The lowest BCUT2D eigenvalue weighted by Gasteiger charge is -2.06. The molecule has 0 aliphatic heterocycles. The molecular formula is C15H12OS. The number of carbonyl (C=O) groups excluding carboxylic acids is 1. The van der Waals surface area contributed by atoms with Gasteiger partial charge in [0, 0.05) is 9.80 Å². The largest absolute Gasteiger partial charge is 0.299 e. The van der Waals surface area contributed by atoms with Gasteiger partial charge in [-0.2, -0.15) is 0 Å². The van der Waals surface area contributed by atoms with Crippen molar-refractivity contribution in [3.05, 3.63) is 72.3 Å². The molecule has 2 rings (SSSR count). The Balaban J connectivity index is 2.26. The van der Waals surface area contributed by atoms with Gasteiger partial charge < -0.3 is 0 Å². The van der Waals surface area contributed by atoms with Crippen LogP contribution in [0.3, 0.4) is 0 Å². The molecule has 17 heavy (non-hydrogen) atoms. The maximum absolute atomic E-state index is 10.7. The van der Waals surface area contributed by atoms with Crippen molar-refractivity contribution in [1.29, 1.82) is 0 Å². The summed E-state index contributed by atoms with van der Waals surface area (Å²) in [6.07, 6.45) is 2.44. The second kappa shape index (κ2) is 6.06. The molecule has 0 spiro atoms. The molecular weight excluding hydrogens is 228 g/mol. The summed E-state index contributed by atoms with van der Waals surface area (Å²) in [6, 6.07) is 20.0. The van der Waals surface area contributed by atoms with Crippen molar-refractivity contribution in [3.63, 3.8) is 0 Å². The lowest BCUT2D eigenvalue weighted by molar-refractivity contribution is -0.104. The smallest absolute Gasteiger partial charge is 0.143 e. The molecule has 1 nitrogen and oxygen atoms in total. The minimum absolute atomic E-state index is 0.832. The Kier molecular flexibility index (Phi) is 4.17. The van der Waals surface area contributed by atoms with Crippen molar-refractivity contribution in [2.45, 2.75) is 4.90 Å². The maximum Gasteiger partial charge on any atom is 0.143 e. The van der Waals surface area contributed by atoms with Crippen molar-refractivity contribution in [2.75, 3.05) is 0 Å². The molecule has 0 saturated carbocycles. The van der Waals surface area contributed by atoms with Crippen LogP contribution in [0, 0.1) is 0 Å². The molecule has 0 aliphatic carbocycles. The fraction of sp³-hybridized carbons (Fsp3) is 0. The third-order valence-electron chi connectivity index (χ3n) is 2.25. The molecule has 0 N–H and O–H groups in total. The number of aldehydes is 1. The molecule has 0 aliphatic rings. The third-order valence-corrected chi connectivity index (χ3v) is 3.35. The van der Waals surface area contributed by atoms with E-state index in [-0.39, 0.29) is 0 Å². The summed E-state index contributed by atoms with van der Waals surface area (Å²) < 4.78 is 0. The molecule has 0 atom stereocenters. The lowest BCUT2D eigenvalue weighted by atomic mass is 10.2. The van der Waals surface area contributed by atoms with Gasteiger partial charge in [-0.15, -0.1) is 0 Å². The summed E-state index contributed by atoms with van der Waals surface area (Å²) in [5.41, 5.74) is 1.06. The van der Waals surface area contributed by atoms with Gasteiger partial charge in [-0.1, -0.05) is 60.3 Å². The van der Waals surface area contributed by atoms with E-state index >= 15 is 0 Å². The first-order chi connectivity index (χ1) is 8.40. The summed E-state index contributed by atoms with van der Waals surface area (Å²) in [4.78, 5) is 12.8. The zero-order valence-electron chi connectivity index (χ0n) is 9.24. The van der Waals surface area contributed by atoms with Crippen LogP contribution in [0.4, 0.5) is 0 Å². The molecule has 0 saturated heterocycles. The van der Waals surface area contributed by atoms with Crippen LogP contribution in [0.15, 0.2) is 71.6 Å². The van der Waals surface area contributed by atoms with E-state index in [2.05, 4.69) is 0 Å². The number of carbonyl (C=O) groups is 1. The second-order valence-corrected chi connectivity index (χ2v) is 4.56. The van der Waals surface area contributed by atoms with Crippen molar-refractivity contribution in [1.82, 2.24) is 0 Å². The van der Waals surface area contributed by atoms with E-state index in [1.54, 1.807) is 17.8 Å². The van der Waals surface area contributed by atoms with E-state index in [9.17, 15) is 4.79 Å². The monoisotopic (exact) mass is 240 g/mol. The van der Waals surface area contributed by atoms with Crippen LogP contribution in [-0.2, 0) is 4.79 Å². The topological polar surface area (TPSA) is 17.1 Å². The van der Waals surface area contributed by atoms with Gasteiger partial charge in [0.1, 0.15) is 6.29 Å². The van der Waals surface area contributed by atoms with Crippen LogP contribution in [-0.4, -0.2) is 6.29 Å². The summed E-state index contributed by atoms with van der Waals surface area (Å²) in [5.74, 6) is 0. The molecule has 0 radical (unpaired) electrons. The molecule has 0 amide bonds. The van der Waals surface area contributed by atoms with Crippen LogP contribution >= 0.6 is 11.8 Å². The van der Waals surface area contributed by atoms with Gasteiger partial charge in [0.25, 0.3) is 0 Å². The summed E-state index contributed by atoms with van der Waals surface area (Å²) in [7, 11) is 0. The summed E-state index contributed by atoms with van der Waals surface area (Å²) in [5, 5.41) is 0. The Morgan fingerprint density at radius 2 is 1.47 bits per heavy atom. The predicted molar refractivity (Wildman–Crippen MR) is 72.8 cm³/mol. The highest BCUT2D eigenvalue weighted by Gasteiger charge is 2.02. The second-order valence-electron chi connectivity index (χ2n) is 3.45. The first kappa shape index (κ1) is 11.7. The Morgan fingerprint density at radius 3 is 2.06 bits per heavy atom. The lowest BCUT2D eigenvalue weighted by Crippen LogP contribution is -1.81. The minimum atomic E-state index is 0.832. The van der Waals surface area contributed by atoms with Crippen LogP contribution in [0.5, 0.6) is 0 Å². The Bertz CT molecular complexity index is 503. The van der Waals surface area contributed by atoms with Gasteiger partial charge in [-0.25, -0.2) is 0 Å². The highest BCUT2D eigenvalue weighted by Crippen LogP contribution is 2.33. The molecule has 2 aromatic rings. The van der Waals surface area contributed by atoms with Crippen LogP contribution in [0.1, 0.15) is 5.56 Å². The number of thioether (sulfide) groups is 1. The Morgan fingerprint density at radius 1 is 0.882 bits per heavy atom. The standard InChI is InChI=1S/C15H12OS/c16-12-11-15(13-7-3-1-4-8-13)17-14-9-5-2-6-10-14/h1-12H/b15-11-. The fourth-order valence-corrected chi connectivity index (χ4v) is 2.39. The highest BCUT2D eigenvalue weighted by molar-refractivity contribution is 8.08. The molecule has 0 unspecified atom stereocenters. The number of benzene rings is 2. The van der Waals surface area contributed by atoms with Crippen LogP contribution < -0.4 is 0 Å². The van der Waals surface area contributed by atoms with Gasteiger partial charge in [0.05, 0.1) is 0 Å². The molecule has 84 valence electrons. The maximum atomic E-state index is 10.7. The van der Waals surface area contributed by atoms with Gasteiger partial charge >= 0.3 is 0 Å². The van der Waals surface area contributed by atoms with E-state index in [4.69, 9.17) is 0 Å². The van der Waals surface area contributed by atoms with Crippen LogP contribution in [0.2, 0.25) is 0 Å². The molecule has 2 aromatic carbocycles. The summed E-state index contributed by atoms with van der Waals surface area (Å²) in [6.45, 7) is 0. The zero-order chi connectivity index (χ0) is 11.9. The normalized spacial score (nSPS) is 11.2. The van der Waals surface area contributed by atoms with E-state index in [1.807, 2.05) is 60.7 Å². The first-order valence-electron chi connectivity index (χ1n) is 5.34. The summed E-state index contributed by atoms with van der Waals surface area (Å²) >= 11 is 1.60. The first-order valence-corrected chi connectivity index (χ1v) is 6.15. The highest BCUT2D eigenvalue weighted by atomic mass is 32.2. The minimum Gasteiger partial charge on any atom is -0.299 e. The van der Waals surface area contributed by atoms with Gasteiger partial charge in [-0.05, 0) is 23.8 Å². The zero-order valence-corrected chi connectivity index (χ0v) is 10.1. The number of rotatable bonds is 4. The third kappa shape index (κ3) is 3.33. The average Bonchev–Trinajstić information content (AvgIpc) is 2.40. The van der Waals surface area contributed by atoms with E-state index in [0.29, 0.717) is 0 Å². The SMILES string of the molecule is O=C/C=C(\Sc1ccccc1)c1ccccc1. The molecule has 2 heteroatoms. The molecule has 0 bridgehead atoms. The number of hydrogen-bond acceptors (Lipinski definition) is 2.